The molecule has 10 heteroatoms. The summed E-state index contributed by atoms with van der Waals surface area (Å²) in [5.41, 5.74) is 0. The number of aliphatic hydroxyl groups is 3. The molecule has 0 unspecified atom stereocenters. The molecule has 0 aromatic heterocycles. The normalized spacial score (nSPS) is 4.62. The predicted octanol–water partition coefficient (Wildman–Crippen LogP) is -7.44. The van der Waals surface area contributed by atoms with E-state index in [9.17, 15) is 0 Å². The van der Waals surface area contributed by atoms with Gasteiger partial charge in [-0.25, -0.2) is 0 Å². The van der Waals surface area contributed by atoms with E-state index in [1.165, 1.54) is 0 Å². The molecule has 0 saturated carbocycles. The topological polar surface area (TPSA) is 281 Å². The summed E-state index contributed by atoms with van der Waals surface area (Å²) in [6.07, 6.45) is -0.954. The lowest BCUT2D eigenvalue weighted by Gasteiger charge is -1.96. The van der Waals surface area contributed by atoms with Gasteiger partial charge in [0.1, 0.15) is 6.10 Å². The average Bonchev–Trinajstić information content (AvgIpc) is 1.65. The Bertz CT molecular complexity index is 29.4. The van der Waals surface area contributed by atoms with Gasteiger partial charge in [-0.1, -0.05) is 0 Å². The Labute approximate surface area is 74.2 Å². The van der Waals surface area contributed by atoms with E-state index < -0.39 is 6.10 Å². The van der Waals surface area contributed by atoms with Gasteiger partial charge in [-0.05, 0) is 0 Å². The zero-order valence-corrected chi connectivity index (χ0v) is 6.83. The smallest absolute Gasteiger partial charge is 0.100 e. The van der Waals surface area contributed by atoms with Gasteiger partial charge in [0.15, 0.2) is 0 Å². The highest BCUT2D eigenvalue weighted by atomic mass is 16.3. The van der Waals surface area contributed by atoms with Crippen molar-refractivity contribution in [2.24, 2.45) is 0 Å². The number of rotatable bonds is 2. The largest absolute Gasteiger partial charge is 0.412 e. The summed E-state index contributed by atoms with van der Waals surface area (Å²) in [5.74, 6) is 0. The minimum Gasteiger partial charge on any atom is -0.412 e. The zero-order chi connectivity index (χ0) is 4.99. The van der Waals surface area contributed by atoms with Gasteiger partial charge in [0.25, 0.3) is 0 Å². The lowest BCUT2D eigenvalue weighted by atomic mass is 10.4. The standard InChI is InChI=1S/C3H8O3.7H2O/c4-1-3(6)2-5;;;;;;;/h3-6H,1-2H2;7*1H2. The van der Waals surface area contributed by atoms with Crippen LogP contribution in [0.2, 0.25) is 0 Å². The van der Waals surface area contributed by atoms with E-state index in [0.29, 0.717) is 0 Å². The Hall–Kier alpha value is -0.400. The minimum atomic E-state index is -0.954. The number of hydrogen-bond donors (Lipinski definition) is 3. The van der Waals surface area contributed by atoms with E-state index in [-0.39, 0.29) is 51.5 Å². The third kappa shape index (κ3) is 82.5. The molecule has 0 bridgehead atoms. The second-order valence-electron chi connectivity index (χ2n) is 1.02. The van der Waals surface area contributed by atoms with Crippen molar-refractivity contribution in [2.45, 2.75) is 6.10 Å². The van der Waals surface area contributed by atoms with Crippen molar-refractivity contribution in [1.29, 1.82) is 0 Å². The van der Waals surface area contributed by atoms with Crippen LogP contribution < -0.4 is 0 Å². The van der Waals surface area contributed by atoms with Gasteiger partial charge in [-0.2, -0.15) is 0 Å². The second-order valence-corrected chi connectivity index (χ2v) is 1.02. The van der Waals surface area contributed by atoms with Crippen LogP contribution in [0.5, 0.6) is 0 Å². The summed E-state index contributed by atoms with van der Waals surface area (Å²) < 4.78 is 0. The summed E-state index contributed by atoms with van der Waals surface area (Å²) in [7, 11) is 0. The molecule has 13 heavy (non-hydrogen) atoms. The minimum absolute atomic E-state index is 0. The molecule has 94 valence electrons. The maximum Gasteiger partial charge on any atom is 0.100 e. The van der Waals surface area contributed by atoms with E-state index in [0.717, 1.165) is 0 Å². The SMILES string of the molecule is O.O.O.O.O.O.O.OCC(O)CO. The lowest BCUT2D eigenvalue weighted by molar-refractivity contribution is 0.0450. The maximum absolute atomic E-state index is 8.17. The molecule has 0 aliphatic rings. The summed E-state index contributed by atoms with van der Waals surface area (Å²) in [6.45, 7) is -0.729. The van der Waals surface area contributed by atoms with E-state index in [1.54, 1.807) is 0 Å². The fourth-order valence-corrected chi connectivity index (χ4v) is 0.0577. The Morgan fingerprint density at radius 1 is 0.615 bits per heavy atom. The average molecular weight is 218 g/mol. The van der Waals surface area contributed by atoms with Crippen LogP contribution in [-0.4, -0.2) is 73.0 Å². The predicted molar refractivity (Wildman–Crippen MR) is 45.5 cm³/mol. The van der Waals surface area contributed by atoms with E-state index in [4.69, 9.17) is 15.3 Å². The summed E-state index contributed by atoms with van der Waals surface area (Å²) in [5, 5.41) is 24.0. The molecular formula is C3H22O10. The van der Waals surface area contributed by atoms with Crippen LogP contribution >= 0.6 is 0 Å². The molecule has 0 aromatic carbocycles. The molecule has 0 fully saturated rings. The molecule has 0 aliphatic carbocycles. The Morgan fingerprint density at radius 2 is 0.769 bits per heavy atom. The van der Waals surface area contributed by atoms with Gasteiger partial charge in [-0.15, -0.1) is 0 Å². The first kappa shape index (κ1) is 80.1. The van der Waals surface area contributed by atoms with Gasteiger partial charge >= 0.3 is 0 Å². The quantitative estimate of drug-likeness (QED) is 0.407. The molecule has 0 heterocycles. The first-order valence-corrected chi connectivity index (χ1v) is 1.71. The molecule has 0 saturated heterocycles. The van der Waals surface area contributed by atoms with Crippen LogP contribution in [0.1, 0.15) is 0 Å². The highest BCUT2D eigenvalue weighted by Crippen LogP contribution is 1.71. The number of aliphatic hydroxyl groups excluding tert-OH is 3. The van der Waals surface area contributed by atoms with Crippen LogP contribution in [0.3, 0.4) is 0 Å². The summed E-state index contributed by atoms with van der Waals surface area (Å²) in [4.78, 5) is 0. The second kappa shape index (κ2) is 61.6. The zero-order valence-electron chi connectivity index (χ0n) is 6.83. The van der Waals surface area contributed by atoms with Crippen molar-refractivity contribution < 1.29 is 53.7 Å². The van der Waals surface area contributed by atoms with Crippen molar-refractivity contribution in [3.63, 3.8) is 0 Å². The van der Waals surface area contributed by atoms with Crippen LogP contribution in [0.15, 0.2) is 0 Å². The monoisotopic (exact) mass is 218 g/mol. The Morgan fingerprint density at radius 3 is 0.769 bits per heavy atom. The van der Waals surface area contributed by atoms with Gasteiger partial charge in [0.05, 0.1) is 13.2 Å². The first-order valence-electron chi connectivity index (χ1n) is 1.71. The highest BCUT2D eigenvalue weighted by molar-refractivity contribution is 4.43. The van der Waals surface area contributed by atoms with Gasteiger partial charge in [0.2, 0.25) is 0 Å². The fourth-order valence-electron chi connectivity index (χ4n) is 0.0577. The van der Waals surface area contributed by atoms with Crippen LogP contribution in [0, 0.1) is 0 Å². The van der Waals surface area contributed by atoms with Crippen molar-refractivity contribution in [3.05, 3.63) is 0 Å². The lowest BCUT2D eigenvalue weighted by Crippen LogP contribution is -2.15. The van der Waals surface area contributed by atoms with Crippen LogP contribution in [0.25, 0.3) is 0 Å². The molecule has 10 nitrogen and oxygen atoms in total. The molecule has 0 rings (SSSR count). The van der Waals surface area contributed by atoms with Crippen molar-refractivity contribution in [1.82, 2.24) is 0 Å². The molecule has 0 aliphatic heterocycles. The van der Waals surface area contributed by atoms with Gasteiger partial charge < -0.3 is 53.7 Å². The van der Waals surface area contributed by atoms with Crippen molar-refractivity contribution >= 4 is 0 Å². The molecule has 0 atom stereocenters. The molecule has 0 radical (unpaired) electrons. The molecular weight excluding hydrogens is 196 g/mol. The van der Waals surface area contributed by atoms with E-state index >= 15 is 0 Å². The number of hydrogen-bond acceptors (Lipinski definition) is 3. The highest BCUT2D eigenvalue weighted by Gasteiger charge is 1.93. The van der Waals surface area contributed by atoms with Gasteiger partial charge in [-0.3, -0.25) is 0 Å². The first-order chi connectivity index (χ1) is 2.81. The van der Waals surface area contributed by atoms with Gasteiger partial charge in [0, 0.05) is 0 Å². The van der Waals surface area contributed by atoms with Crippen molar-refractivity contribution in [3.8, 4) is 0 Å². The molecule has 0 aromatic rings. The molecule has 0 amide bonds. The molecule has 0 spiro atoms. The van der Waals surface area contributed by atoms with Crippen LogP contribution in [-0.2, 0) is 0 Å². The maximum atomic E-state index is 8.17. The van der Waals surface area contributed by atoms with Crippen molar-refractivity contribution in [2.75, 3.05) is 13.2 Å². The third-order valence-electron chi connectivity index (χ3n) is 0.421. The molecule has 17 N–H and O–H groups in total. The Kier molecular flexibility index (Phi) is 380. The summed E-state index contributed by atoms with van der Waals surface area (Å²) in [6, 6.07) is 0. The Balaban J connectivity index is -0.00000000595. The third-order valence-corrected chi connectivity index (χ3v) is 0.421. The van der Waals surface area contributed by atoms with Crippen LogP contribution in [0.4, 0.5) is 0 Å². The fraction of sp³-hybridized carbons (Fsp3) is 1.00. The van der Waals surface area contributed by atoms with E-state index in [2.05, 4.69) is 0 Å². The van der Waals surface area contributed by atoms with E-state index in [1.807, 2.05) is 0 Å². The summed E-state index contributed by atoms with van der Waals surface area (Å²) >= 11 is 0.